The van der Waals surface area contributed by atoms with Crippen LogP contribution in [0.1, 0.15) is 69.9 Å². The average molecular weight is 290 g/mol. The van der Waals surface area contributed by atoms with Crippen molar-refractivity contribution in [3.63, 3.8) is 0 Å². The summed E-state index contributed by atoms with van der Waals surface area (Å²) in [6, 6.07) is 2.07. The first-order valence-electron chi connectivity index (χ1n) is 8.23. The van der Waals surface area contributed by atoms with E-state index in [9.17, 15) is 4.79 Å². The van der Waals surface area contributed by atoms with Gasteiger partial charge in [-0.25, -0.2) is 0 Å². The lowest BCUT2D eigenvalue weighted by Crippen LogP contribution is -2.43. The zero-order valence-corrected chi connectivity index (χ0v) is 13.4. The van der Waals surface area contributed by atoms with E-state index in [1.807, 2.05) is 13.0 Å². The van der Waals surface area contributed by atoms with E-state index in [1.54, 1.807) is 0 Å². The molecule has 116 valence electrons. The van der Waals surface area contributed by atoms with Crippen LogP contribution in [0.25, 0.3) is 0 Å². The number of carbonyl (C=O) groups is 1. The van der Waals surface area contributed by atoms with Crippen molar-refractivity contribution in [2.24, 2.45) is 11.3 Å². The summed E-state index contributed by atoms with van der Waals surface area (Å²) in [5.41, 5.74) is 1.02. The summed E-state index contributed by atoms with van der Waals surface area (Å²) < 4.78 is 5.42. The molecular formula is C17H26N2O2. The van der Waals surface area contributed by atoms with Gasteiger partial charge in [0.15, 0.2) is 5.76 Å². The quantitative estimate of drug-likeness (QED) is 0.830. The number of aromatic nitrogens is 1. The predicted octanol–water partition coefficient (Wildman–Crippen LogP) is 3.86. The summed E-state index contributed by atoms with van der Waals surface area (Å²) in [6.07, 6.45) is 6.67. The Balaban J connectivity index is 1.80. The zero-order chi connectivity index (χ0) is 15.0. The van der Waals surface area contributed by atoms with E-state index in [4.69, 9.17) is 4.52 Å². The Morgan fingerprint density at radius 3 is 2.81 bits per heavy atom. The van der Waals surface area contributed by atoms with E-state index >= 15 is 0 Å². The molecule has 1 aliphatic carbocycles. The van der Waals surface area contributed by atoms with Gasteiger partial charge in [0.25, 0.3) is 0 Å². The molecule has 3 rings (SSSR count). The zero-order valence-electron chi connectivity index (χ0n) is 13.4. The highest BCUT2D eigenvalue weighted by atomic mass is 16.5. The van der Waals surface area contributed by atoms with Gasteiger partial charge in [-0.05, 0) is 38.0 Å². The lowest BCUT2D eigenvalue weighted by molar-refractivity contribution is -0.142. The third kappa shape index (κ3) is 2.72. The lowest BCUT2D eigenvalue weighted by Gasteiger charge is -2.40. The molecule has 0 radical (unpaired) electrons. The number of likely N-dealkylation sites (tertiary alicyclic amines) is 1. The number of amides is 1. The van der Waals surface area contributed by atoms with Gasteiger partial charge >= 0.3 is 0 Å². The van der Waals surface area contributed by atoms with Gasteiger partial charge in [0, 0.05) is 18.5 Å². The van der Waals surface area contributed by atoms with E-state index < -0.39 is 0 Å². The minimum Gasteiger partial charge on any atom is -0.359 e. The van der Waals surface area contributed by atoms with Crippen molar-refractivity contribution in [1.29, 1.82) is 0 Å². The fourth-order valence-corrected chi connectivity index (χ4v) is 4.02. The predicted molar refractivity (Wildman–Crippen MR) is 80.7 cm³/mol. The molecule has 2 aliphatic rings. The topological polar surface area (TPSA) is 46.3 Å². The van der Waals surface area contributed by atoms with Crippen LogP contribution in [0.2, 0.25) is 0 Å². The van der Waals surface area contributed by atoms with Crippen molar-refractivity contribution in [3.8, 4) is 0 Å². The third-order valence-electron chi connectivity index (χ3n) is 5.32. The van der Waals surface area contributed by atoms with Crippen LogP contribution < -0.4 is 0 Å². The summed E-state index contributed by atoms with van der Waals surface area (Å²) in [6.45, 7) is 7.28. The second-order valence-corrected chi connectivity index (χ2v) is 7.35. The number of aryl methyl sites for hydroxylation is 1. The standard InChI is InChI=1S/C17H26N2O2/c1-12-11-15(21-18-12)14-8-6-10-19(14)16(20)13-7-4-5-9-17(13,2)3/h11,13-14H,4-10H2,1-3H3. The number of hydrogen-bond donors (Lipinski definition) is 0. The number of hydrogen-bond acceptors (Lipinski definition) is 3. The van der Waals surface area contributed by atoms with Gasteiger partial charge in [-0.2, -0.15) is 0 Å². The van der Waals surface area contributed by atoms with Crippen LogP contribution in [0.5, 0.6) is 0 Å². The molecule has 2 unspecified atom stereocenters. The normalized spacial score (nSPS) is 28.8. The van der Waals surface area contributed by atoms with Gasteiger partial charge in [-0.1, -0.05) is 31.8 Å². The summed E-state index contributed by atoms with van der Waals surface area (Å²) in [4.78, 5) is 15.1. The van der Waals surface area contributed by atoms with E-state index in [0.717, 1.165) is 43.7 Å². The maximum atomic E-state index is 13.1. The molecule has 1 aromatic heterocycles. The molecule has 1 saturated heterocycles. The van der Waals surface area contributed by atoms with Crippen LogP contribution in [0.15, 0.2) is 10.6 Å². The van der Waals surface area contributed by atoms with E-state index in [0.29, 0.717) is 5.91 Å². The minimum absolute atomic E-state index is 0.0939. The molecule has 2 atom stereocenters. The van der Waals surface area contributed by atoms with Crippen LogP contribution in [0, 0.1) is 18.3 Å². The fraction of sp³-hybridized carbons (Fsp3) is 0.765. The van der Waals surface area contributed by atoms with Crippen molar-refractivity contribution >= 4 is 5.91 Å². The Labute approximate surface area is 126 Å². The molecule has 1 saturated carbocycles. The van der Waals surface area contributed by atoms with Crippen molar-refractivity contribution < 1.29 is 9.32 Å². The first-order chi connectivity index (χ1) is 9.99. The summed E-state index contributed by atoms with van der Waals surface area (Å²) >= 11 is 0. The lowest BCUT2D eigenvalue weighted by atomic mass is 9.68. The summed E-state index contributed by atoms with van der Waals surface area (Å²) in [7, 11) is 0. The Morgan fingerprint density at radius 1 is 1.33 bits per heavy atom. The molecule has 1 aliphatic heterocycles. The van der Waals surface area contributed by atoms with Crippen LogP contribution in [-0.2, 0) is 4.79 Å². The van der Waals surface area contributed by atoms with Gasteiger partial charge < -0.3 is 9.42 Å². The molecule has 4 nitrogen and oxygen atoms in total. The van der Waals surface area contributed by atoms with Gasteiger partial charge in [0.1, 0.15) is 0 Å². The third-order valence-corrected chi connectivity index (χ3v) is 5.32. The molecule has 4 heteroatoms. The Kier molecular flexibility index (Phi) is 3.80. The Morgan fingerprint density at radius 2 is 2.14 bits per heavy atom. The van der Waals surface area contributed by atoms with Gasteiger partial charge in [0.05, 0.1) is 11.7 Å². The first-order valence-corrected chi connectivity index (χ1v) is 8.23. The highest BCUT2D eigenvalue weighted by Crippen LogP contribution is 2.44. The van der Waals surface area contributed by atoms with E-state index in [1.165, 1.54) is 12.8 Å². The number of nitrogens with zero attached hydrogens (tertiary/aromatic N) is 2. The van der Waals surface area contributed by atoms with Gasteiger partial charge in [-0.15, -0.1) is 0 Å². The molecule has 0 spiro atoms. The highest BCUT2D eigenvalue weighted by Gasteiger charge is 2.42. The molecule has 21 heavy (non-hydrogen) atoms. The molecule has 0 N–H and O–H groups in total. The monoisotopic (exact) mass is 290 g/mol. The Bertz CT molecular complexity index is 521. The molecular weight excluding hydrogens is 264 g/mol. The fourth-order valence-electron chi connectivity index (χ4n) is 4.02. The molecule has 2 heterocycles. The molecule has 1 amide bonds. The second-order valence-electron chi connectivity index (χ2n) is 7.35. The Hall–Kier alpha value is -1.32. The van der Waals surface area contributed by atoms with E-state index in [2.05, 4.69) is 23.9 Å². The smallest absolute Gasteiger partial charge is 0.226 e. The van der Waals surface area contributed by atoms with Crippen LogP contribution in [0.4, 0.5) is 0 Å². The van der Waals surface area contributed by atoms with Crippen LogP contribution in [-0.4, -0.2) is 22.5 Å². The summed E-state index contributed by atoms with van der Waals surface area (Å²) in [5, 5.41) is 3.98. The van der Waals surface area contributed by atoms with Gasteiger partial charge in [0.2, 0.25) is 5.91 Å². The van der Waals surface area contributed by atoms with Crippen molar-refractivity contribution in [2.45, 2.75) is 65.3 Å². The number of rotatable bonds is 2. The summed E-state index contributed by atoms with van der Waals surface area (Å²) in [5.74, 6) is 1.35. The molecule has 0 bridgehead atoms. The van der Waals surface area contributed by atoms with Crippen molar-refractivity contribution in [3.05, 3.63) is 17.5 Å². The van der Waals surface area contributed by atoms with Crippen molar-refractivity contribution in [2.75, 3.05) is 6.54 Å². The van der Waals surface area contributed by atoms with Crippen LogP contribution >= 0.6 is 0 Å². The largest absolute Gasteiger partial charge is 0.359 e. The molecule has 0 aromatic carbocycles. The SMILES string of the molecule is Cc1cc(C2CCCN2C(=O)C2CCCCC2(C)C)on1. The average Bonchev–Trinajstić information content (AvgIpc) is 3.05. The maximum absolute atomic E-state index is 13.1. The first kappa shape index (κ1) is 14.6. The number of carbonyl (C=O) groups excluding carboxylic acids is 1. The molecule has 2 fully saturated rings. The van der Waals surface area contributed by atoms with E-state index in [-0.39, 0.29) is 17.4 Å². The van der Waals surface area contributed by atoms with Gasteiger partial charge in [-0.3, -0.25) is 4.79 Å². The highest BCUT2D eigenvalue weighted by molar-refractivity contribution is 5.80. The van der Waals surface area contributed by atoms with Crippen molar-refractivity contribution in [1.82, 2.24) is 10.1 Å². The minimum atomic E-state index is 0.0939. The maximum Gasteiger partial charge on any atom is 0.226 e. The molecule has 1 aromatic rings. The van der Waals surface area contributed by atoms with Crippen LogP contribution in [0.3, 0.4) is 0 Å². The second kappa shape index (κ2) is 5.47.